The molecule has 1 aromatic carbocycles. The van der Waals surface area contributed by atoms with Crippen LogP contribution >= 0.6 is 11.3 Å². The van der Waals surface area contributed by atoms with Crippen LogP contribution in [-0.4, -0.2) is 41.0 Å². The minimum atomic E-state index is -0.0115. The van der Waals surface area contributed by atoms with E-state index < -0.39 is 0 Å². The third-order valence-electron chi connectivity index (χ3n) is 4.86. The van der Waals surface area contributed by atoms with Crippen LogP contribution in [0.25, 0.3) is 10.2 Å². The molecule has 0 saturated carbocycles. The van der Waals surface area contributed by atoms with Crippen molar-refractivity contribution in [1.29, 1.82) is 0 Å². The Morgan fingerprint density at radius 3 is 3.00 bits per heavy atom. The second-order valence-electron chi connectivity index (χ2n) is 6.20. The van der Waals surface area contributed by atoms with Crippen LogP contribution in [0.3, 0.4) is 0 Å². The Hall–Kier alpha value is -1.46. The molecule has 1 aromatic heterocycles. The number of amides is 1. The first-order valence-electron chi connectivity index (χ1n) is 7.61. The fourth-order valence-electron chi connectivity index (χ4n) is 3.66. The minimum Gasteiger partial charge on any atom is -0.346 e. The van der Waals surface area contributed by atoms with Crippen LogP contribution in [0.2, 0.25) is 0 Å². The van der Waals surface area contributed by atoms with E-state index in [1.807, 2.05) is 24.3 Å². The Morgan fingerprint density at radius 2 is 2.29 bits per heavy atom. The molecule has 2 bridgehead atoms. The number of benzene rings is 1. The van der Waals surface area contributed by atoms with E-state index in [1.165, 1.54) is 30.7 Å². The van der Waals surface area contributed by atoms with Crippen LogP contribution < -0.4 is 5.32 Å². The third kappa shape index (κ3) is 2.34. The Labute approximate surface area is 128 Å². The number of aromatic nitrogens is 1. The van der Waals surface area contributed by atoms with Gasteiger partial charge in [0.25, 0.3) is 5.91 Å². The number of fused-ring (bicyclic) bond motifs is 4. The number of hydrogen-bond donors (Lipinski definition) is 1. The van der Waals surface area contributed by atoms with Crippen molar-refractivity contribution in [3.63, 3.8) is 0 Å². The highest BCUT2D eigenvalue weighted by atomic mass is 32.1. The quantitative estimate of drug-likeness (QED) is 0.927. The van der Waals surface area contributed by atoms with Crippen LogP contribution in [0.1, 0.15) is 29.6 Å². The Morgan fingerprint density at radius 1 is 1.43 bits per heavy atom. The van der Waals surface area contributed by atoms with Gasteiger partial charge in [-0.25, -0.2) is 4.98 Å². The van der Waals surface area contributed by atoms with Gasteiger partial charge >= 0.3 is 0 Å². The zero-order valence-corrected chi connectivity index (χ0v) is 12.9. The van der Waals surface area contributed by atoms with E-state index >= 15 is 0 Å². The number of rotatable bonds is 2. The van der Waals surface area contributed by atoms with Gasteiger partial charge in [-0.1, -0.05) is 12.1 Å². The molecule has 3 aliphatic heterocycles. The second-order valence-corrected chi connectivity index (χ2v) is 7.23. The van der Waals surface area contributed by atoms with Crippen LogP contribution in [0.15, 0.2) is 24.3 Å². The molecular formula is C16H19N3OS. The summed E-state index contributed by atoms with van der Waals surface area (Å²) in [5.74, 6) is 0.617. The summed E-state index contributed by atoms with van der Waals surface area (Å²) in [6.45, 7) is 4.46. The van der Waals surface area contributed by atoms with E-state index in [4.69, 9.17) is 0 Å². The SMILES string of the molecule is CC1CC2CCN1CC2NC(=O)c1nc2ccccc2s1. The van der Waals surface area contributed by atoms with E-state index in [-0.39, 0.29) is 11.9 Å². The second kappa shape index (κ2) is 5.07. The molecule has 5 rings (SSSR count). The van der Waals surface area contributed by atoms with Crippen molar-refractivity contribution in [2.45, 2.75) is 31.8 Å². The van der Waals surface area contributed by atoms with E-state index in [9.17, 15) is 4.79 Å². The summed E-state index contributed by atoms with van der Waals surface area (Å²) >= 11 is 1.48. The van der Waals surface area contributed by atoms with Crippen LogP contribution in [0.5, 0.6) is 0 Å². The minimum absolute atomic E-state index is 0.0115. The number of nitrogens with one attached hydrogen (secondary N) is 1. The van der Waals surface area contributed by atoms with Gasteiger partial charge in [0.15, 0.2) is 5.01 Å². The molecule has 0 radical (unpaired) electrons. The number of piperidine rings is 3. The Kier molecular flexibility index (Phi) is 3.19. The highest BCUT2D eigenvalue weighted by Crippen LogP contribution is 2.32. The van der Waals surface area contributed by atoms with Crippen molar-refractivity contribution in [3.8, 4) is 0 Å². The lowest BCUT2D eigenvalue weighted by molar-refractivity contribution is 0.0274. The number of para-hydroxylation sites is 1. The normalized spacial score (nSPS) is 31.5. The van der Waals surface area contributed by atoms with Gasteiger partial charge in [0.1, 0.15) is 0 Å². The molecule has 4 nitrogen and oxygen atoms in total. The fraction of sp³-hybridized carbons (Fsp3) is 0.500. The largest absolute Gasteiger partial charge is 0.346 e. The summed E-state index contributed by atoms with van der Waals surface area (Å²) in [5.41, 5.74) is 0.912. The fourth-order valence-corrected chi connectivity index (χ4v) is 4.53. The van der Waals surface area contributed by atoms with Crippen molar-refractivity contribution in [2.24, 2.45) is 5.92 Å². The lowest BCUT2D eigenvalue weighted by Gasteiger charge is -2.48. The molecule has 5 heteroatoms. The van der Waals surface area contributed by atoms with Crippen LogP contribution in [-0.2, 0) is 0 Å². The number of carbonyl (C=O) groups excluding carboxylic acids is 1. The van der Waals surface area contributed by atoms with Crippen molar-refractivity contribution in [3.05, 3.63) is 29.3 Å². The molecule has 4 atom stereocenters. The van der Waals surface area contributed by atoms with E-state index in [1.54, 1.807) is 0 Å². The van der Waals surface area contributed by atoms with Gasteiger partial charge < -0.3 is 5.32 Å². The van der Waals surface area contributed by atoms with E-state index in [0.29, 0.717) is 17.0 Å². The molecule has 1 amide bonds. The lowest BCUT2D eigenvalue weighted by Crippen LogP contribution is -2.60. The van der Waals surface area contributed by atoms with Crippen LogP contribution in [0, 0.1) is 5.92 Å². The van der Waals surface area contributed by atoms with Crippen molar-refractivity contribution >= 4 is 27.5 Å². The van der Waals surface area contributed by atoms with Gasteiger partial charge in [0, 0.05) is 18.6 Å². The molecule has 21 heavy (non-hydrogen) atoms. The van der Waals surface area contributed by atoms with Crippen LogP contribution in [0.4, 0.5) is 0 Å². The summed E-state index contributed by atoms with van der Waals surface area (Å²) in [4.78, 5) is 19.4. The highest BCUT2D eigenvalue weighted by Gasteiger charge is 2.39. The molecule has 3 aliphatic rings. The topological polar surface area (TPSA) is 45.2 Å². The lowest BCUT2D eigenvalue weighted by atomic mass is 9.80. The first-order chi connectivity index (χ1) is 10.2. The summed E-state index contributed by atoms with van der Waals surface area (Å²) < 4.78 is 1.07. The molecule has 3 fully saturated rings. The maximum absolute atomic E-state index is 12.5. The number of hydrogen-bond acceptors (Lipinski definition) is 4. The number of thiazole rings is 1. The van der Waals surface area contributed by atoms with Gasteiger partial charge in [0.05, 0.1) is 10.2 Å². The molecule has 1 N–H and O–H groups in total. The molecule has 4 heterocycles. The van der Waals surface area contributed by atoms with Gasteiger partial charge in [0.2, 0.25) is 0 Å². The highest BCUT2D eigenvalue weighted by molar-refractivity contribution is 7.20. The summed E-state index contributed by atoms with van der Waals surface area (Å²) in [5, 5.41) is 3.80. The van der Waals surface area contributed by atoms with Gasteiger partial charge in [-0.2, -0.15) is 0 Å². The van der Waals surface area contributed by atoms with E-state index in [2.05, 4.69) is 22.1 Å². The molecule has 0 aliphatic carbocycles. The van der Waals surface area contributed by atoms with Gasteiger partial charge in [-0.05, 0) is 44.4 Å². The Bertz CT molecular complexity index is 650. The summed E-state index contributed by atoms with van der Waals surface area (Å²) in [6.07, 6.45) is 2.40. The Balaban J connectivity index is 1.51. The van der Waals surface area contributed by atoms with Crippen molar-refractivity contribution < 1.29 is 4.79 Å². The average molecular weight is 301 g/mol. The van der Waals surface area contributed by atoms with E-state index in [0.717, 1.165) is 16.8 Å². The molecule has 4 unspecified atom stereocenters. The standard InChI is InChI=1S/C16H19N3OS/c1-10-8-11-6-7-19(10)9-13(11)17-15(20)16-18-12-4-2-3-5-14(12)21-16/h2-5,10-11,13H,6-9H2,1H3,(H,17,20). The monoisotopic (exact) mass is 301 g/mol. The molecule has 2 aromatic rings. The van der Waals surface area contributed by atoms with Crippen molar-refractivity contribution in [2.75, 3.05) is 13.1 Å². The average Bonchev–Trinajstić information content (AvgIpc) is 2.92. The number of carbonyl (C=O) groups is 1. The number of nitrogens with zero attached hydrogens (tertiary/aromatic N) is 2. The molecule has 3 saturated heterocycles. The predicted molar refractivity (Wildman–Crippen MR) is 84.6 cm³/mol. The maximum Gasteiger partial charge on any atom is 0.280 e. The van der Waals surface area contributed by atoms with Crippen molar-refractivity contribution in [1.82, 2.24) is 15.2 Å². The molecular weight excluding hydrogens is 282 g/mol. The summed E-state index contributed by atoms with van der Waals surface area (Å²) in [7, 11) is 0. The zero-order valence-electron chi connectivity index (χ0n) is 12.1. The van der Waals surface area contributed by atoms with Gasteiger partial charge in [-0.15, -0.1) is 11.3 Å². The third-order valence-corrected chi connectivity index (χ3v) is 5.89. The molecule has 0 spiro atoms. The zero-order chi connectivity index (χ0) is 14.4. The van der Waals surface area contributed by atoms with Gasteiger partial charge in [-0.3, -0.25) is 9.69 Å². The molecule has 110 valence electrons. The predicted octanol–water partition coefficient (Wildman–Crippen LogP) is 2.51. The smallest absolute Gasteiger partial charge is 0.280 e. The maximum atomic E-state index is 12.5. The first kappa shape index (κ1) is 13.2. The summed E-state index contributed by atoms with van der Waals surface area (Å²) in [6, 6.07) is 8.86. The first-order valence-corrected chi connectivity index (χ1v) is 8.43.